The zero-order valence-electron chi connectivity index (χ0n) is 15.0. The van der Waals surface area contributed by atoms with Crippen LogP contribution in [0, 0.1) is 20.8 Å². The number of amides is 1. The van der Waals surface area contributed by atoms with Crippen molar-refractivity contribution in [2.45, 2.75) is 39.0 Å². The number of carbonyl (C=O) groups excluding carboxylic acids is 1. The summed E-state index contributed by atoms with van der Waals surface area (Å²) < 4.78 is 28.2. The van der Waals surface area contributed by atoms with Crippen LogP contribution in [0.4, 0.5) is 5.69 Å². The first-order chi connectivity index (χ1) is 11.7. The third-order valence-electron chi connectivity index (χ3n) is 3.75. The highest BCUT2D eigenvalue weighted by Crippen LogP contribution is 2.22. The van der Waals surface area contributed by atoms with Gasteiger partial charge in [-0.25, -0.2) is 8.42 Å². The van der Waals surface area contributed by atoms with Crippen molar-refractivity contribution in [3.8, 4) is 0 Å². The zero-order valence-corrected chi connectivity index (χ0v) is 15.8. The van der Waals surface area contributed by atoms with Gasteiger partial charge in [0.25, 0.3) is 15.9 Å². The Hall–Kier alpha value is -2.34. The van der Waals surface area contributed by atoms with Crippen LogP contribution in [-0.2, 0) is 10.0 Å². The molecule has 0 radical (unpaired) electrons. The summed E-state index contributed by atoms with van der Waals surface area (Å²) in [5, 5.41) is 2.76. The van der Waals surface area contributed by atoms with E-state index in [0.717, 1.165) is 17.5 Å². The first-order valence-electron chi connectivity index (χ1n) is 8.23. The second-order valence-corrected chi connectivity index (χ2v) is 7.87. The minimum Gasteiger partial charge on any atom is -0.352 e. The molecule has 6 heteroatoms. The highest BCUT2D eigenvalue weighted by atomic mass is 32.2. The average molecular weight is 360 g/mol. The Morgan fingerprint density at radius 2 is 1.64 bits per heavy atom. The van der Waals surface area contributed by atoms with Crippen LogP contribution in [0.2, 0.25) is 0 Å². The molecule has 134 valence electrons. The van der Waals surface area contributed by atoms with Gasteiger partial charge in [0.15, 0.2) is 0 Å². The molecular formula is C19H24N2O3S. The molecule has 25 heavy (non-hydrogen) atoms. The average Bonchev–Trinajstić information content (AvgIpc) is 2.51. The lowest BCUT2D eigenvalue weighted by molar-refractivity contribution is 0.0953. The van der Waals surface area contributed by atoms with Crippen LogP contribution in [0.1, 0.15) is 40.4 Å². The molecule has 0 saturated heterocycles. The molecule has 2 aromatic rings. The van der Waals surface area contributed by atoms with Crippen LogP contribution >= 0.6 is 0 Å². The van der Waals surface area contributed by atoms with Gasteiger partial charge < -0.3 is 5.32 Å². The molecule has 0 atom stereocenters. The number of benzene rings is 2. The smallest absolute Gasteiger partial charge is 0.262 e. The van der Waals surface area contributed by atoms with E-state index in [-0.39, 0.29) is 10.8 Å². The first kappa shape index (κ1) is 19.0. The van der Waals surface area contributed by atoms with Gasteiger partial charge in [0.05, 0.1) is 4.90 Å². The second kappa shape index (κ2) is 7.70. The molecule has 0 saturated carbocycles. The maximum Gasteiger partial charge on any atom is 0.262 e. The Bertz CT molecular complexity index is 869. The molecule has 5 nitrogen and oxygen atoms in total. The summed E-state index contributed by atoms with van der Waals surface area (Å²) in [6, 6.07) is 10.2. The molecule has 0 bridgehead atoms. The maximum atomic E-state index is 12.8. The fraction of sp³-hybridized carbons (Fsp3) is 0.316. The fourth-order valence-electron chi connectivity index (χ4n) is 2.62. The van der Waals surface area contributed by atoms with Crippen molar-refractivity contribution in [2.24, 2.45) is 0 Å². The van der Waals surface area contributed by atoms with E-state index in [4.69, 9.17) is 0 Å². The zero-order chi connectivity index (χ0) is 18.6. The van der Waals surface area contributed by atoms with E-state index in [1.165, 1.54) is 6.07 Å². The number of hydrogen-bond donors (Lipinski definition) is 2. The Morgan fingerprint density at radius 3 is 2.24 bits per heavy atom. The third-order valence-corrected chi connectivity index (χ3v) is 5.27. The van der Waals surface area contributed by atoms with Gasteiger partial charge >= 0.3 is 0 Å². The largest absolute Gasteiger partial charge is 0.352 e. The topological polar surface area (TPSA) is 75.3 Å². The number of nitrogens with one attached hydrogen (secondary N) is 2. The van der Waals surface area contributed by atoms with Crippen LogP contribution < -0.4 is 10.0 Å². The highest BCUT2D eigenvalue weighted by Gasteiger charge is 2.19. The lowest BCUT2D eigenvalue weighted by Crippen LogP contribution is -2.24. The van der Waals surface area contributed by atoms with Gasteiger partial charge in [-0.2, -0.15) is 0 Å². The number of carbonyl (C=O) groups is 1. The van der Waals surface area contributed by atoms with Crippen molar-refractivity contribution in [1.82, 2.24) is 5.32 Å². The molecule has 2 aromatic carbocycles. The van der Waals surface area contributed by atoms with Gasteiger partial charge in [-0.05, 0) is 68.1 Å². The number of sulfonamides is 1. The van der Waals surface area contributed by atoms with Crippen LogP contribution in [0.25, 0.3) is 0 Å². The lowest BCUT2D eigenvalue weighted by atomic mass is 10.1. The predicted molar refractivity (Wildman–Crippen MR) is 101 cm³/mol. The third kappa shape index (κ3) is 4.82. The molecule has 0 aliphatic heterocycles. The summed E-state index contributed by atoms with van der Waals surface area (Å²) in [6.45, 7) is 8.04. The van der Waals surface area contributed by atoms with Crippen molar-refractivity contribution < 1.29 is 13.2 Å². The Morgan fingerprint density at radius 1 is 1.00 bits per heavy atom. The molecule has 2 N–H and O–H groups in total. The van der Waals surface area contributed by atoms with Crippen LogP contribution in [0.15, 0.2) is 41.3 Å². The molecule has 0 unspecified atom stereocenters. The SMILES string of the molecule is CCCNC(=O)c1ccc(C)c(S(=O)(=O)Nc2cc(C)cc(C)c2)c1. The van der Waals surface area contributed by atoms with Crippen LogP contribution in [-0.4, -0.2) is 20.9 Å². The molecule has 0 heterocycles. The van der Waals surface area contributed by atoms with Gasteiger partial charge in [0.1, 0.15) is 0 Å². The summed E-state index contributed by atoms with van der Waals surface area (Å²) in [5.74, 6) is -0.273. The van der Waals surface area contributed by atoms with E-state index in [9.17, 15) is 13.2 Å². The minimum absolute atomic E-state index is 0.107. The summed E-state index contributed by atoms with van der Waals surface area (Å²) in [5.41, 5.74) is 3.38. The normalized spacial score (nSPS) is 11.2. The maximum absolute atomic E-state index is 12.8. The Labute approximate surface area is 149 Å². The summed E-state index contributed by atoms with van der Waals surface area (Å²) in [4.78, 5) is 12.2. The van der Waals surface area contributed by atoms with Crippen molar-refractivity contribution in [3.63, 3.8) is 0 Å². The van der Waals surface area contributed by atoms with Crippen LogP contribution in [0.3, 0.4) is 0 Å². The molecule has 1 amide bonds. The van der Waals surface area contributed by atoms with Gasteiger partial charge in [0.2, 0.25) is 0 Å². The van der Waals surface area contributed by atoms with Gasteiger partial charge in [-0.3, -0.25) is 9.52 Å². The predicted octanol–water partition coefficient (Wildman–Crippen LogP) is 3.55. The van der Waals surface area contributed by atoms with Crippen molar-refractivity contribution in [1.29, 1.82) is 0 Å². The molecule has 0 aliphatic rings. The molecule has 0 aromatic heterocycles. The molecular weight excluding hydrogens is 336 g/mol. The van der Waals surface area contributed by atoms with Crippen LogP contribution in [0.5, 0.6) is 0 Å². The first-order valence-corrected chi connectivity index (χ1v) is 9.71. The van der Waals surface area contributed by atoms with Gasteiger partial charge in [0, 0.05) is 17.8 Å². The minimum atomic E-state index is -3.78. The highest BCUT2D eigenvalue weighted by molar-refractivity contribution is 7.92. The summed E-state index contributed by atoms with van der Waals surface area (Å²) in [6.07, 6.45) is 0.816. The number of hydrogen-bond acceptors (Lipinski definition) is 3. The molecule has 0 spiro atoms. The summed E-state index contributed by atoms with van der Waals surface area (Å²) >= 11 is 0. The van der Waals surface area contributed by atoms with E-state index in [2.05, 4.69) is 10.0 Å². The monoisotopic (exact) mass is 360 g/mol. The van der Waals surface area contributed by atoms with E-state index < -0.39 is 10.0 Å². The second-order valence-electron chi connectivity index (χ2n) is 6.22. The number of aryl methyl sites for hydroxylation is 3. The van der Waals surface area contributed by atoms with Gasteiger partial charge in [-0.1, -0.05) is 19.1 Å². The summed E-state index contributed by atoms with van der Waals surface area (Å²) in [7, 11) is -3.78. The Balaban J connectivity index is 2.36. The number of rotatable bonds is 6. The van der Waals surface area contributed by atoms with E-state index in [0.29, 0.717) is 23.4 Å². The van der Waals surface area contributed by atoms with E-state index in [1.807, 2.05) is 26.8 Å². The van der Waals surface area contributed by atoms with Crippen molar-refractivity contribution in [3.05, 3.63) is 58.7 Å². The van der Waals surface area contributed by atoms with E-state index in [1.54, 1.807) is 31.2 Å². The lowest BCUT2D eigenvalue weighted by Gasteiger charge is -2.13. The van der Waals surface area contributed by atoms with E-state index >= 15 is 0 Å². The van der Waals surface area contributed by atoms with Crippen molar-refractivity contribution in [2.75, 3.05) is 11.3 Å². The molecule has 2 rings (SSSR count). The number of anilines is 1. The molecule has 0 aliphatic carbocycles. The standard InChI is InChI=1S/C19H24N2O3S/c1-5-8-20-19(22)16-7-6-15(4)18(12-16)25(23,24)21-17-10-13(2)9-14(3)11-17/h6-7,9-12,21H,5,8H2,1-4H3,(H,20,22). The fourth-order valence-corrected chi connectivity index (χ4v) is 3.93. The molecule has 0 fully saturated rings. The Kier molecular flexibility index (Phi) is 5.85. The quantitative estimate of drug-likeness (QED) is 0.827. The van der Waals surface area contributed by atoms with Gasteiger partial charge in [-0.15, -0.1) is 0 Å². The van der Waals surface area contributed by atoms with Crippen molar-refractivity contribution >= 4 is 21.6 Å².